The highest BCUT2D eigenvalue weighted by Crippen LogP contribution is 2.26. The number of hydrogen-bond donors (Lipinski definition) is 1. The Labute approximate surface area is 196 Å². The maximum atomic E-state index is 11.2. The summed E-state index contributed by atoms with van der Waals surface area (Å²) < 4.78 is 7.17. The number of nitro groups is 1. The van der Waals surface area contributed by atoms with Crippen molar-refractivity contribution in [3.8, 4) is 11.6 Å². The molecule has 34 heavy (non-hydrogen) atoms. The normalized spacial score (nSPS) is 15.5. The van der Waals surface area contributed by atoms with Gasteiger partial charge in [-0.05, 0) is 43.0 Å². The number of ether oxygens (including phenoxy) is 1. The first-order valence-electron chi connectivity index (χ1n) is 11.1. The zero-order chi connectivity index (χ0) is 23.5. The van der Waals surface area contributed by atoms with Gasteiger partial charge in [0.15, 0.2) is 0 Å². The molecule has 1 aliphatic carbocycles. The van der Waals surface area contributed by atoms with Gasteiger partial charge in [-0.25, -0.2) is 9.67 Å². The number of nitrogens with zero attached hydrogens (tertiary/aromatic N) is 5. The number of methoxy groups -OCH3 is 1. The fourth-order valence-corrected chi connectivity index (χ4v) is 4.31. The van der Waals surface area contributed by atoms with E-state index in [9.17, 15) is 10.1 Å². The second-order valence-corrected chi connectivity index (χ2v) is 8.16. The number of para-hydroxylation sites is 1. The Morgan fingerprint density at radius 2 is 2.15 bits per heavy atom. The van der Waals surface area contributed by atoms with Crippen LogP contribution in [0, 0.1) is 10.1 Å². The van der Waals surface area contributed by atoms with Gasteiger partial charge in [0, 0.05) is 37.1 Å². The highest BCUT2D eigenvalue weighted by atomic mass is 16.6. The van der Waals surface area contributed by atoms with Crippen molar-refractivity contribution in [2.45, 2.75) is 25.3 Å². The van der Waals surface area contributed by atoms with Crippen LogP contribution in [0.5, 0.6) is 5.88 Å². The minimum Gasteiger partial charge on any atom is -0.481 e. The van der Waals surface area contributed by atoms with Crippen LogP contribution >= 0.6 is 0 Å². The summed E-state index contributed by atoms with van der Waals surface area (Å²) in [7, 11) is 1.60. The summed E-state index contributed by atoms with van der Waals surface area (Å²) in [6, 6.07) is 12.7. The molecule has 0 saturated carbocycles. The first kappa shape index (κ1) is 21.7. The lowest BCUT2D eigenvalue weighted by Gasteiger charge is -2.21. The highest BCUT2D eigenvalue weighted by molar-refractivity contribution is 5.83. The van der Waals surface area contributed by atoms with Gasteiger partial charge in [-0.15, -0.1) is 0 Å². The van der Waals surface area contributed by atoms with E-state index in [4.69, 9.17) is 9.84 Å². The molecule has 9 nitrogen and oxygen atoms in total. The van der Waals surface area contributed by atoms with Crippen LogP contribution < -0.4 is 10.1 Å². The fraction of sp³-hybridized carbons (Fsp3) is 0.240. The summed E-state index contributed by atoms with van der Waals surface area (Å²) in [4.78, 5) is 19.8. The lowest BCUT2D eigenvalue weighted by atomic mass is 9.93. The first-order chi connectivity index (χ1) is 16.6. The second-order valence-electron chi connectivity index (χ2n) is 8.16. The molecule has 1 N–H and O–H groups in total. The fourth-order valence-electron chi connectivity index (χ4n) is 4.31. The van der Waals surface area contributed by atoms with Crippen LogP contribution in [0.3, 0.4) is 0 Å². The average molecular weight is 457 g/mol. The van der Waals surface area contributed by atoms with Crippen LogP contribution in [0.4, 0.5) is 5.69 Å². The van der Waals surface area contributed by atoms with E-state index in [1.165, 1.54) is 11.6 Å². The third kappa shape index (κ3) is 4.38. The topological polar surface area (TPSA) is 108 Å². The van der Waals surface area contributed by atoms with Crippen molar-refractivity contribution in [3.63, 3.8) is 0 Å². The summed E-state index contributed by atoms with van der Waals surface area (Å²) in [5.41, 5.74) is 5.43. The summed E-state index contributed by atoms with van der Waals surface area (Å²) >= 11 is 0. The van der Waals surface area contributed by atoms with Crippen LogP contribution in [0.1, 0.15) is 23.2 Å². The number of aryl methyl sites for hydroxylation is 1. The minimum absolute atomic E-state index is 0.115. The van der Waals surface area contributed by atoms with Crippen LogP contribution in [0.15, 0.2) is 60.9 Å². The van der Waals surface area contributed by atoms with Crippen molar-refractivity contribution in [1.29, 1.82) is 0 Å². The molecule has 3 heterocycles. The Balaban J connectivity index is 1.28. The quantitative estimate of drug-likeness (QED) is 0.332. The molecular weight excluding hydrogens is 432 g/mol. The largest absolute Gasteiger partial charge is 0.481 e. The lowest BCUT2D eigenvalue weighted by Crippen LogP contribution is -2.34. The molecule has 1 unspecified atom stereocenters. The zero-order valence-corrected chi connectivity index (χ0v) is 18.7. The van der Waals surface area contributed by atoms with E-state index < -0.39 is 0 Å². The van der Waals surface area contributed by atoms with E-state index in [0.29, 0.717) is 24.0 Å². The van der Waals surface area contributed by atoms with Crippen molar-refractivity contribution >= 4 is 22.8 Å². The molecule has 172 valence electrons. The molecular formula is C25H24N6O3. The van der Waals surface area contributed by atoms with Gasteiger partial charge in [-0.3, -0.25) is 15.1 Å². The Morgan fingerprint density at radius 1 is 1.26 bits per heavy atom. The third-order valence-electron chi connectivity index (χ3n) is 6.02. The molecule has 0 saturated heterocycles. The van der Waals surface area contributed by atoms with Gasteiger partial charge < -0.3 is 10.1 Å². The Kier molecular flexibility index (Phi) is 6.01. The van der Waals surface area contributed by atoms with Crippen LogP contribution in [-0.4, -0.2) is 44.4 Å². The van der Waals surface area contributed by atoms with Crippen molar-refractivity contribution in [2.75, 3.05) is 13.7 Å². The molecule has 9 heteroatoms. The summed E-state index contributed by atoms with van der Waals surface area (Å²) in [5, 5.41) is 19.5. The molecule has 4 aromatic rings. The third-order valence-corrected chi connectivity index (χ3v) is 6.02. The average Bonchev–Trinajstić information content (AvgIpc) is 3.29. The summed E-state index contributed by atoms with van der Waals surface area (Å²) in [5.74, 6) is 0.539. The number of rotatable bonds is 7. The smallest absolute Gasteiger partial charge is 0.276 e. The van der Waals surface area contributed by atoms with Crippen molar-refractivity contribution < 1.29 is 9.66 Å². The number of aromatic nitrogens is 4. The number of nitrogens with one attached hydrogen (secondary N) is 1. The van der Waals surface area contributed by atoms with Gasteiger partial charge in [-0.2, -0.15) is 5.10 Å². The van der Waals surface area contributed by atoms with Crippen LogP contribution in [0.25, 0.3) is 22.8 Å². The number of fused-ring (bicyclic) bond motifs is 2. The van der Waals surface area contributed by atoms with Crippen LogP contribution in [-0.2, 0) is 12.8 Å². The molecule has 0 aliphatic heterocycles. The van der Waals surface area contributed by atoms with Gasteiger partial charge in [0.1, 0.15) is 5.52 Å². The molecule has 0 spiro atoms. The summed E-state index contributed by atoms with van der Waals surface area (Å²) in [6.45, 7) is 0.638. The molecule has 0 bridgehead atoms. The number of hydrogen-bond acceptors (Lipinski definition) is 7. The maximum Gasteiger partial charge on any atom is 0.276 e. The number of nitro benzene ring substituents is 1. The van der Waals surface area contributed by atoms with Gasteiger partial charge >= 0.3 is 0 Å². The predicted molar refractivity (Wildman–Crippen MR) is 129 cm³/mol. The Hall–Kier alpha value is -4.11. The lowest BCUT2D eigenvalue weighted by molar-refractivity contribution is -0.385. The molecule has 5 rings (SSSR count). The zero-order valence-electron chi connectivity index (χ0n) is 18.7. The maximum absolute atomic E-state index is 11.2. The molecule has 0 radical (unpaired) electrons. The SMILES string of the molecule is COc1ccc2nccc(-n3cc4c(n3)CCC(NCC=Cc3ccccc3[N+](=O)[O-])C4)c2n1. The molecule has 1 aromatic carbocycles. The Bertz CT molecular complexity index is 1380. The summed E-state index contributed by atoms with van der Waals surface area (Å²) in [6.07, 6.45) is 10.3. The number of pyridine rings is 2. The van der Waals surface area contributed by atoms with E-state index in [1.807, 2.05) is 22.9 Å². The molecule has 0 fully saturated rings. The first-order valence-corrected chi connectivity index (χ1v) is 11.1. The second kappa shape index (κ2) is 9.40. The number of benzene rings is 1. The van der Waals surface area contributed by atoms with Crippen molar-refractivity contribution in [1.82, 2.24) is 25.1 Å². The molecule has 0 amide bonds. The van der Waals surface area contributed by atoms with E-state index >= 15 is 0 Å². The van der Waals surface area contributed by atoms with Gasteiger partial charge in [0.25, 0.3) is 5.69 Å². The van der Waals surface area contributed by atoms with E-state index in [2.05, 4.69) is 21.5 Å². The Morgan fingerprint density at radius 3 is 3.00 bits per heavy atom. The van der Waals surface area contributed by atoms with E-state index in [0.717, 1.165) is 41.7 Å². The van der Waals surface area contributed by atoms with Crippen molar-refractivity contribution in [2.24, 2.45) is 0 Å². The highest BCUT2D eigenvalue weighted by Gasteiger charge is 2.22. The molecule has 3 aromatic heterocycles. The predicted octanol–water partition coefficient (Wildman–Crippen LogP) is 3.89. The van der Waals surface area contributed by atoms with Crippen LogP contribution in [0.2, 0.25) is 0 Å². The standard InChI is InChI=1S/C25H24N6O3/c1-34-24-11-10-21-25(28-24)23(12-14-27-21)30-16-18-15-19(8-9-20(18)29-30)26-13-4-6-17-5-2-3-7-22(17)31(32)33/h2-7,10-12,14,16,19,26H,8-9,13,15H2,1H3. The molecule has 1 aliphatic rings. The molecule has 1 atom stereocenters. The van der Waals surface area contributed by atoms with E-state index in [1.54, 1.807) is 43.6 Å². The van der Waals surface area contributed by atoms with Gasteiger partial charge in [0.05, 0.1) is 34.5 Å². The monoisotopic (exact) mass is 456 g/mol. The van der Waals surface area contributed by atoms with E-state index in [-0.39, 0.29) is 10.6 Å². The van der Waals surface area contributed by atoms with Gasteiger partial charge in [-0.1, -0.05) is 24.3 Å². The van der Waals surface area contributed by atoms with Gasteiger partial charge in [0.2, 0.25) is 5.88 Å². The van der Waals surface area contributed by atoms with Crippen molar-refractivity contribution in [3.05, 3.63) is 87.9 Å². The minimum atomic E-state index is -0.356.